The summed E-state index contributed by atoms with van der Waals surface area (Å²) in [5, 5.41) is 15.3. The number of carbonyl (C=O) groups is 1. The van der Waals surface area contributed by atoms with Crippen LogP contribution in [0.5, 0.6) is 0 Å². The zero-order valence-corrected chi connectivity index (χ0v) is 17.4. The molecule has 6 heteroatoms. The fourth-order valence-electron chi connectivity index (χ4n) is 4.67. The monoisotopic (exact) mass is 421 g/mol. The first-order valence-corrected chi connectivity index (χ1v) is 10.9. The van der Waals surface area contributed by atoms with Gasteiger partial charge in [-0.2, -0.15) is 5.10 Å². The smallest absolute Gasteiger partial charge is 0.254 e. The van der Waals surface area contributed by atoms with E-state index in [1.165, 1.54) is 0 Å². The number of aliphatic hydroxyl groups is 1. The van der Waals surface area contributed by atoms with E-state index in [2.05, 4.69) is 17.2 Å². The number of nitrogens with zero attached hydrogens (tertiary/aromatic N) is 3. The number of hydrogen-bond acceptors (Lipinski definition) is 3. The predicted molar refractivity (Wildman–Crippen MR) is 116 cm³/mol. The maximum absolute atomic E-state index is 13.1. The number of fused-ring (bicyclic) bond motifs is 1. The van der Waals surface area contributed by atoms with Crippen LogP contribution in [-0.2, 0) is 13.0 Å². The fraction of sp³-hybridized carbons (Fsp3) is 0.333. The van der Waals surface area contributed by atoms with Gasteiger partial charge in [-0.3, -0.25) is 4.79 Å². The van der Waals surface area contributed by atoms with Gasteiger partial charge in [0, 0.05) is 29.5 Å². The van der Waals surface area contributed by atoms with Gasteiger partial charge >= 0.3 is 0 Å². The van der Waals surface area contributed by atoms with Crippen LogP contribution >= 0.6 is 11.6 Å². The third-order valence-electron chi connectivity index (χ3n) is 6.30. The summed E-state index contributed by atoms with van der Waals surface area (Å²) >= 11 is 6.59. The van der Waals surface area contributed by atoms with Crippen molar-refractivity contribution in [2.75, 3.05) is 0 Å². The highest BCUT2D eigenvalue weighted by atomic mass is 35.5. The Bertz CT molecular complexity index is 1060. The molecular weight excluding hydrogens is 398 g/mol. The molecule has 2 atom stereocenters. The summed E-state index contributed by atoms with van der Waals surface area (Å²) in [7, 11) is 0. The van der Waals surface area contributed by atoms with Crippen molar-refractivity contribution in [1.29, 1.82) is 0 Å². The van der Waals surface area contributed by atoms with E-state index < -0.39 is 6.10 Å². The van der Waals surface area contributed by atoms with Crippen LogP contribution in [0.25, 0.3) is 5.69 Å². The molecule has 1 aliphatic carbocycles. The van der Waals surface area contributed by atoms with Gasteiger partial charge in [-0.05, 0) is 66.3 Å². The normalized spacial score (nSPS) is 21.1. The van der Waals surface area contributed by atoms with Crippen LogP contribution in [0.3, 0.4) is 0 Å². The quantitative estimate of drug-likeness (QED) is 0.680. The summed E-state index contributed by atoms with van der Waals surface area (Å²) in [4.78, 5) is 14.9. The summed E-state index contributed by atoms with van der Waals surface area (Å²) in [5.74, 6) is 0.0166. The van der Waals surface area contributed by atoms with Gasteiger partial charge in [0.05, 0.1) is 17.8 Å². The van der Waals surface area contributed by atoms with Gasteiger partial charge < -0.3 is 10.0 Å². The summed E-state index contributed by atoms with van der Waals surface area (Å²) in [6.45, 7) is 0.536. The number of carbonyl (C=O) groups excluding carboxylic acids is 1. The Morgan fingerprint density at radius 3 is 2.67 bits per heavy atom. The molecule has 2 heterocycles. The molecule has 30 heavy (non-hydrogen) atoms. The van der Waals surface area contributed by atoms with Gasteiger partial charge in [0.25, 0.3) is 5.91 Å². The Morgan fingerprint density at radius 1 is 1.13 bits per heavy atom. The molecule has 2 unspecified atom stereocenters. The first-order valence-electron chi connectivity index (χ1n) is 10.5. The molecule has 1 amide bonds. The lowest BCUT2D eigenvalue weighted by atomic mass is 9.91. The predicted octanol–water partition coefficient (Wildman–Crippen LogP) is 4.38. The number of aromatic nitrogens is 2. The van der Waals surface area contributed by atoms with Crippen molar-refractivity contribution in [2.24, 2.45) is 0 Å². The maximum atomic E-state index is 13.1. The van der Waals surface area contributed by atoms with Gasteiger partial charge in [-0.25, -0.2) is 4.68 Å². The van der Waals surface area contributed by atoms with Crippen LogP contribution < -0.4 is 0 Å². The number of hydrogen-bond donors (Lipinski definition) is 1. The Kier molecular flexibility index (Phi) is 5.09. The zero-order chi connectivity index (χ0) is 20.7. The zero-order valence-electron chi connectivity index (χ0n) is 16.7. The second-order valence-corrected chi connectivity index (χ2v) is 8.65. The molecule has 0 bridgehead atoms. The van der Waals surface area contributed by atoms with Crippen LogP contribution in [0.15, 0.2) is 54.9 Å². The summed E-state index contributed by atoms with van der Waals surface area (Å²) in [5.41, 5.74) is 4.75. The van der Waals surface area contributed by atoms with Gasteiger partial charge in [0.15, 0.2) is 0 Å². The third kappa shape index (κ3) is 3.53. The molecule has 0 spiro atoms. The van der Waals surface area contributed by atoms with E-state index in [0.717, 1.165) is 53.6 Å². The molecule has 5 rings (SSSR count). The minimum absolute atomic E-state index is 0.0166. The molecular formula is C24H24ClN3O2. The van der Waals surface area contributed by atoms with E-state index in [0.29, 0.717) is 18.0 Å². The molecule has 1 aromatic heterocycles. The number of halogens is 1. The van der Waals surface area contributed by atoms with Gasteiger partial charge in [-0.1, -0.05) is 36.6 Å². The van der Waals surface area contributed by atoms with E-state index >= 15 is 0 Å². The summed E-state index contributed by atoms with van der Waals surface area (Å²) in [6, 6.07) is 13.9. The molecule has 2 aliphatic rings. The van der Waals surface area contributed by atoms with Crippen molar-refractivity contribution < 1.29 is 9.90 Å². The highest BCUT2D eigenvalue weighted by Gasteiger charge is 2.37. The van der Waals surface area contributed by atoms with Crippen molar-refractivity contribution in [3.05, 3.63) is 82.1 Å². The lowest BCUT2D eigenvalue weighted by Crippen LogP contribution is -2.45. The molecule has 0 saturated heterocycles. The molecule has 154 valence electrons. The van der Waals surface area contributed by atoms with E-state index in [9.17, 15) is 9.90 Å². The third-order valence-corrected chi connectivity index (χ3v) is 6.65. The van der Waals surface area contributed by atoms with Crippen molar-refractivity contribution in [1.82, 2.24) is 14.7 Å². The van der Waals surface area contributed by atoms with Crippen molar-refractivity contribution in [3.63, 3.8) is 0 Å². The second kappa shape index (κ2) is 7.89. The first-order chi connectivity index (χ1) is 14.6. The summed E-state index contributed by atoms with van der Waals surface area (Å²) in [6.07, 6.45) is 7.61. The minimum Gasteiger partial charge on any atom is -0.391 e. The maximum Gasteiger partial charge on any atom is 0.254 e. The second-order valence-electron chi connectivity index (χ2n) is 8.25. The average Bonchev–Trinajstić information content (AvgIpc) is 3.39. The fourth-order valence-corrected chi connectivity index (χ4v) is 4.92. The van der Waals surface area contributed by atoms with Crippen LogP contribution in [0, 0.1) is 0 Å². The van der Waals surface area contributed by atoms with E-state index in [1.54, 1.807) is 6.20 Å². The Labute approximate surface area is 180 Å². The van der Waals surface area contributed by atoms with E-state index in [4.69, 9.17) is 11.6 Å². The van der Waals surface area contributed by atoms with Crippen LogP contribution in [0.4, 0.5) is 0 Å². The lowest BCUT2D eigenvalue weighted by molar-refractivity contribution is 0.0191. The van der Waals surface area contributed by atoms with Crippen LogP contribution in [0.1, 0.15) is 52.7 Å². The van der Waals surface area contributed by atoms with E-state index in [1.807, 2.05) is 46.1 Å². The van der Waals surface area contributed by atoms with Crippen LogP contribution in [-0.4, -0.2) is 37.8 Å². The Hall–Kier alpha value is -2.63. The van der Waals surface area contributed by atoms with Gasteiger partial charge in [-0.15, -0.1) is 0 Å². The SMILES string of the molecule is O=C1c2cc(Cc3ccc(-n4cccn4)cc3)c(Cl)cc2CN1C1CCCCC1O. The molecule has 1 N–H and O–H groups in total. The number of amides is 1. The molecule has 1 aliphatic heterocycles. The highest BCUT2D eigenvalue weighted by molar-refractivity contribution is 6.31. The Balaban J connectivity index is 1.37. The van der Waals surface area contributed by atoms with Gasteiger partial charge in [0.2, 0.25) is 0 Å². The first kappa shape index (κ1) is 19.3. The van der Waals surface area contributed by atoms with Gasteiger partial charge in [0.1, 0.15) is 0 Å². The van der Waals surface area contributed by atoms with Crippen molar-refractivity contribution in [3.8, 4) is 5.69 Å². The molecule has 1 saturated carbocycles. The lowest BCUT2D eigenvalue weighted by Gasteiger charge is -2.35. The standard InChI is InChI=1S/C24H24ClN3O2/c25-21-14-18-15-27(22-4-1-2-5-23(22)29)24(30)20(18)13-17(21)12-16-6-8-19(9-7-16)28-11-3-10-26-28/h3,6-11,13-14,22-23,29H,1-2,4-5,12,15H2. The molecule has 3 aromatic rings. The highest BCUT2D eigenvalue weighted by Crippen LogP contribution is 2.34. The molecule has 5 nitrogen and oxygen atoms in total. The number of rotatable bonds is 4. The van der Waals surface area contributed by atoms with Crippen molar-refractivity contribution >= 4 is 17.5 Å². The minimum atomic E-state index is -0.430. The largest absolute Gasteiger partial charge is 0.391 e. The van der Waals surface area contributed by atoms with Crippen LogP contribution in [0.2, 0.25) is 5.02 Å². The van der Waals surface area contributed by atoms with E-state index in [-0.39, 0.29) is 11.9 Å². The Morgan fingerprint density at radius 2 is 1.93 bits per heavy atom. The molecule has 2 aromatic carbocycles. The summed E-state index contributed by atoms with van der Waals surface area (Å²) < 4.78 is 1.82. The molecule has 1 fully saturated rings. The number of aliphatic hydroxyl groups excluding tert-OH is 1. The average molecular weight is 422 g/mol. The number of benzene rings is 2. The topological polar surface area (TPSA) is 58.4 Å². The van der Waals surface area contributed by atoms with Crippen molar-refractivity contribution in [2.45, 2.75) is 50.8 Å². The molecule has 0 radical (unpaired) electrons.